The van der Waals surface area contributed by atoms with Gasteiger partial charge >= 0.3 is 6.09 Å². The van der Waals surface area contributed by atoms with E-state index in [1.165, 1.54) is 6.21 Å². The van der Waals surface area contributed by atoms with Crippen molar-refractivity contribution in [2.45, 2.75) is 26.4 Å². The maximum Gasteiger partial charge on any atom is 0.410 e. The first-order valence-electron chi connectivity index (χ1n) is 5.44. The Hall–Kier alpha value is -0.790. The number of carbonyl (C=O) groups excluding carboxylic acids is 1. The highest BCUT2D eigenvalue weighted by Crippen LogP contribution is 2.15. The standard InChI is InChI=1S/C11H18IN3O2/c1-11(2,3)17-10(16)15-5-4-14-9(7-15)8(12)6-13/h6,13-14H,4-5,7H2,1-3H3/b9-8+,13-6?. The molecule has 0 aliphatic carbocycles. The third-order valence-corrected chi connectivity index (χ3v) is 3.10. The van der Waals surface area contributed by atoms with E-state index in [2.05, 4.69) is 27.9 Å². The van der Waals surface area contributed by atoms with Crippen LogP contribution in [-0.4, -0.2) is 42.4 Å². The molecule has 0 atom stereocenters. The number of nitrogens with zero attached hydrogens (tertiary/aromatic N) is 1. The minimum absolute atomic E-state index is 0.300. The molecule has 2 N–H and O–H groups in total. The van der Waals surface area contributed by atoms with Crippen LogP contribution < -0.4 is 5.32 Å². The summed E-state index contributed by atoms with van der Waals surface area (Å²) in [7, 11) is 0. The van der Waals surface area contributed by atoms with Gasteiger partial charge in [-0.1, -0.05) is 0 Å². The predicted molar refractivity (Wildman–Crippen MR) is 75.6 cm³/mol. The van der Waals surface area contributed by atoms with Gasteiger partial charge in [0.15, 0.2) is 0 Å². The van der Waals surface area contributed by atoms with E-state index in [4.69, 9.17) is 10.1 Å². The quantitative estimate of drug-likeness (QED) is 0.562. The number of allylic oxidation sites excluding steroid dienone is 1. The number of hydrogen-bond donors (Lipinski definition) is 2. The molecular weight excluding hydrogens is 333 g/mol. The van der Waals surface area contributed by atoms with E-state index in [9.17, 15) is 4.79 Å². The van der Waals surface area contributed by atoms with Crippen molar-refractivity contribution >= 4 is 34.9 Å². The number of ether oxygens (including phenoxy) is 1. The Morgan fingerprint density at radius 3 is 2.76 bits per heavy atom. The van der Waals surface area contributed by atoms with Crippen LogP contribution in [0.5, 0.6) is 0 Å². The Labute approximate surface area is 115 Å². The van der Waals surface area contributed by atoms with E-state index >= 15 is 0 Å². The van der Waals surface area contributed by atoms with Crippen LogP contribution in [0, 0.1) is 5.41 Å². The second kappa shape index (κ2) is 5.70. The first kappa shape index (κ1) is 14.3. The molecule has 0 unspecified atom stereocenters. The van der Waals surface area contributed by atoms with Gasteiger partial charge < -0.3 is 20.4 Å². The van der Waals surface area contributed by atoms with Crippen molar-refractivity contribution in [2.75, 3.05) is 19.6 Å². The fraction of sp³-hybridized carbons (Fsp3) is 0.636. The average Bonchev–Trinajstić information content (AvgIpc) is 2.26. The molecule has 5 nitrogen and oxygen atoms in total. The zero-order chi connectivity index (χ0) is 13.1. The molecule has 1 amide bonds. The van der Waals surface area contributed by atoms with Crippen LogP contribution in [-0.2, 0) is 4.74 Å². The van der Waals surface area contributed by atoms with E-state index in [1.807, 2.05) is 20.8 Å². The number of rotatable bonds is 1. The van der Waals surface area contributed by atoms with Crippen LogP contribution in [0.1, 0.15) is 20.8 Å². The van der Waals surface area contributed by atoms with E-state index in [-0.39, 0.29) is 6.09 Å². The number of amides is 1. The molecule has 1 saturated heterocycles. The summed E-state index contributed by atoms with van der Waals surface area (Å²) in [4.78, 5) is 13.5. The lowest BCUT2D eigenvalue weighted by atomic mass is 10.2. The first-order chi connectivity index (χ1) is 7.83. The molecule has 1 rings (SSSR count). The average molecular weight is 351 g/mol. The van der Waals surface area contributed by atoms with Gasteiger partial charge in [0.1, 0.15) is 5.60 Å². The molecule has 96 valence electrons. The van der Waals surface area contributed by atoms with Crippen LogP contribution in [0.4, 0.5) is 4.79 Å². The highest BCUT2D eigenvalue weighted by atomic mass is 127. The van der Waals surface area contributed by atoms with Crippen LogP contribution in [0.25, 0.3) is 0 Å². The van der Waals surface area contributed by atoms with Crippen LogP contribution in [0.3, 0.4) is 0 Å². The second-order valence-corrected chi connectivity index (χ2v) is 5.96. The zero-order valence-electron chi connectivity index (χ0n) is 10.3. The normalized spacial score (nSPS) is 19.4. The van der Waals surface area contributed by atoms with Gasteiger partial charge in [-0.05, 0) is 43.4 Å². The van der Waals surface area contributed by atoms with Crippen molar-refractivity contribution in [2.24, 2.45) is 0 Å². The van der Waals surface area contributed by atoms with Crippen molar-refractivity contribution in [3.05, 3.63) is 9.28 Å². The lowest BCUT2D eigenvalue weighted by Gasteiger charge is -2.32. The molecule has 1 aliphatic rings. The van der Waals surface area contributed by atoms with E-state index in [1.54, 1.807) is 4.90 Å². The molecule has 0 spiro atoms. The third-order valence-electron chi connectivity index (χ3n) is 2.14. The molecular formula is C11H18IN3O2. The van der Waals surface area contributed by atoms with Crippen molar-refractivity contribution in [1.82, 2.24) is 10.2 Å². The molecule has 1 heterocycles. The van der Waals surface area contributed by atoms with Gasteiger partial charge in [-0.2, -0.15) is 0 Å². The van der Waals surface area contributed by atoms with Gasteiger partial charge in [-0.15, -0.1) is 0 Å². The highest BCUT2D eigenvalue weighted by Gasteiger charge is 2.25. The monoisotopic (exact) mass is 351 g/mol. The Kier molecular flexibility index (Phi) is 4.79. The predicted octanol–water partition coefficient (Wildman–Crippen LogP) is 2.12. The molecule has 17 heavy (non-hydrogen) atoms. The zero-order valence-corrected chi connectivity index (χ0v) is 12.5. The molecule has 1 aliphatic heterocycles. The summed E-state index contributed by atoms with van der Waals surface area (Å²) in [5, 5.41) is 10.4. The lowest BCUT2D eigenvalue weighted by molar-refractivity contribution is 0.0249. The van der Waals surface area contributed by atoms with Gasteiger partial charge in [-0.3, -0.25) is 0 Å². The second-order valence-electron chi connectivity index (χ2n) is 4.80. The molecule has 0 aromatic heterocycles. The highest BCUT2D eigenvalue weighted by molar-refractivity contribution is 14.1. The summed E-state index contributed by atoms with van der Waals surface area (Å²) in [5.41, 5.74) is 0.429. The minimum atomic E-state index is -0.472. The molecule has 0 aromatic carbocycles. The summed E-state index contributed by atoms with van der Waals surface area (Å²) in [6.07, 6.45) is 0.979. The summed E-state index contributed by atoms with van der Waals surface area (Å²) in [6.45, 7) is 7.35. The third kappa shape index (κ3) is 4.53. The summed E-state index contributed by atoms with van der Waals surface area (Å²) in [6, 6.07) is 0. The topological polar surface area (TPSA) is 65.4 Å². The van der Waals surface area contributed by atoms with Gasteiger partial charge in [0, 0.05) is 25.0 Å². The Morgan fingerprint density at radius 1 is 1.59 bits per heavy atom. The van der Waals surface area contributed by atoms with E-state index < -0.39 is 5.60 Å². The van der Waals surface area contributed by atoms with E-state index in [0.717, 1.165) is 9.28 Å². The largest absolute Gasteiger partial charge is 0.444 e. The van der Waals surface area contributed by atoms with Gasteiger partial charge in [0.05, 0.1) is 10.1 Å². The fourth-order valence-corrected chi connectivity index (χ4v) is 1.76. The molecule has 0 aromatic rings. The van der Waals surface area contributed by atoms with Crippen molar-refractivity contribution in [3.8, 4) is 0 Å². The molecule has 6 heteroatoms. The Morgan fingerprint density at radius 2 is 2.24 bits per heavy atom. The molecule has 0 bridgehead atoms. The number of nitrogens with one attached hydrogen (secondary N) is 2. The smallest absolute Gasteiger partial charge is 0.410 e. The Bertz CT molecular complexity index is 347. The van der Waals surface area contributed by atoms with Crippen LogP contribution >= 0.6 is 22.6 Å². The van der Waals surface area contributed by atoms with Gasteiger partial charge in [0.25, 0.3) is 0 Å². The summed E-state index contributed by atoms with van der Waals surface area (Å²) < 4.78 is 6.13. The summed E-state index contributed by atoms with van der Waals surface area (Å²) >= 11 is 2.08. The molecule has 0 saturated carbocycles. The van der Waals surface area contributed by atoms with Gasteiger partial charge in [0.2, 0.25) is 0 Å². The lowest BCUT2D eigenvalue weighted by Crippen LogP contribution is -2.47. The fourth-order valence-electron chi connectivity index (χ4n) is 1.40. The Balaban J connectivity index is 2.67. The van der Waals surface area contributed by atoms with Crippen LogP contribution in [0.2, 0.25) is 0 Å². The number of hydrogen-bond acceptors (Lipinski definition) is 4. The summed E-state index contributed by atoms with van der Waals surface area (Å²) in [5.74, 6) is 0. The van der Waals surface area contributed by atoms with Gasteiger partial charge in [-0.25, -0.2) is 4.79 Å². The minimum Gasteiger partial charge on any atom is -0.444 e. The SMILES string of the molecule is CC(C)(C)OC(=O)N1CCN/C(=C(/I)C=N)C1. The number of carbonyl (C=O) groups is 1. The molecule has 0 radical (unpaired) electrons. The maximum atomic E-state index is 11.9. The maximum absolute atomic E-state index is 11.9. The van der Waals surface area contributed by atoms with Crippen molar-refractivity contribution in [1.29, 1.82) is 5.41 Å². The number of piperazine rings is 1. The first-order valence-corrected chi connectivity index (χ1v) is 6.52. The van der Waals surface area contributed by atoms with E-state index in [0.29, 0.717) is 19.6 Å². The number of halogens is 1. The van der Waals surface area contributed by atoms with Crippen molar-refractivity contribution < 1.29 is 9.53 Å². The van der Waals surface area contributed by atoms with Crippen molar-refractivity contribution in [3.63, 3.8) is 0 Å². The molecule has 1 fully saturated rings. The van der Waals surface area contributed by atoms with Crippen LogP contribution in [0.15, 0.2) is 9.28 Å².